The maximum absolute atomic E-state index is 13.2. The topological polar surface area (TPSA) is 58.6 Å². The van der Waals surface area contributed by atoms with Gasteiger partial charge in [-0.3, -0.25) is 9.59 Å². The first-order valence-corrected chi connectivity index (χ1v) is 10.4. The molecular weight excluding hydrogens is 421 g/mol. The summed E-state index contributed by atoms with van der Waals surface area (Å²) in [6, 6.07) is 11.2. The lowest BCUT2D eigenvalue weighted by molar-refractivity contribution is -0.137. The Morgan fingerprint density at radius 1 is 1.22 bits per heavy atom. The molecule has 1 atom stereocenters. The molecule has 2 amide bonds. The van der Waals surface area contributed by atoms with E-state index < -0.39 is 23.7 Å². The molecule has 1 aliphatic heterocycles. The van der Waals surface area contributed by atoms with Crippen LogP contribution in [-0.2, 0) is 15.8 Å². The predicted octanol–water partition coefficient (Wildman–Crippen LogP) is 4.60. The van der Waals surface area contributed by atoms with E-state index in [1.807, 2.05) is 6.92 Å². The van der Waals surface area contributed by atoms with Crippen molar-refractivity contribution >= 4 is 17.9 Å². The van der Waals surface area contributed by atoms with Crippen molar-refractivity contribution in [3.8, 4) is 5.75 Å². The van der Waals surface area contributed by atoms with Crippen LogP contribution < -0.4 is 10.1 Å². The molecule has 0 aromatic heterocycles. The maximum atomic E-state index is 13.2. The SMILES string of the molecule is CCOc1ccc(C=CC(=O)NC(CN2CCCC2=O)c2cccc(C(F)(F)F)c2)cc1. The number of benzene rings is 2. The standard InChI is InChI=1S/C24H25F3N2O3/c1-2-32-20-11-8-17(9-12-20)10-13-22(30)28-21(16-29-14-4-7-23(29)31)18-5-3-6-19(15-18)24(25,26)27/h3,5-6,8-13,15,21H,2,4,7,14,16H2,1H3,(H,28,30). The van der Waals surface area contributed by atoms with Crippen LogP contribution in [0, 0.1) is 0 Å². The van der Waals surface area contributed by atoms with Crippen molar-refractivity contribution in [2.45, 2.75) is 32.0 Å². The molecule has 0 spiro atoms. The van der Waals surface area contributed by atoms with Crippen LogP contribution in [0.2, 0.25) is 0 Å². The number of rotatable bonds is 8. The summed E-state index contributed by atoms with van der Waals surface area (Å²) in [5.74, 6) is 0.183. The third-order valence-electron chi connectivity index (χ3n) is 5.13. The van der Waals surface area contributed by atoms with E-state index in [2.05, 4.69) is 5.32 Å². The molecule has 170 valence electrons. The van der Waals surface area contributed by atoms with E-state index in [0.29, 0.717) is 37.3 Å². The molecule has 8 heteroatoms. The van der Waals surface area contributed by atoms with Gasteiger partial charge in [-0.15, -0.1) is 0 Å². The minimum Gasteiger partial charge on any atom is -0.494 e. The Balaban J connectivity index is 1.76. The number of likely N-dealkylation sites (tertiary alicyclic amines) is 1. The molecule has 0 bridgehead atoms. The first-order valence-electron chi connectivity index (χ1n) is 10.4. The van der Waals surface area contributed by atoms with Crippen LogP contribution in [0.1, 0.15) is 42.5 Å². The molecule has 2 aromatic rings. The average molecular weight is 446 g/mol. The number of amides is 2. The number of hydrogen-bond donors (Lipinski definition) is 1. The summed E-state index contributed by atoms with van der Waals surface area (Å²) in [6.07, 6.45) is -0.473. The highest BCUT2D eigenvalue weighted by molar-refractivity contribution is 5.92. The third-order valence-corrected chi connectivity index (χ3v) is 5.13. The van der Waals surface area contributed by atoms with Gasteiger partial charge in [0.2, 0.25) is 11.8 Å². The smallest absolute Gasteiger partial charge is 0.416 e. The van der Waals surface area contributed by atoms with E-state index in [1.54, 1.807) is 35.2 Å². The van der Waals surface area contributed by atoms with E-state index in [0.717, 1.165) is 17.7 Å². The van der Waals surface area contributed by atoms with Crippen molar-refractivity contribution in [2.24, 2.45) is 0 Å². The van der Waals surface area contributed by atoms with Crippen molar-refractivity contribution in [1.82, 2.24) is 10.2 Å². The fourth-order valence-corrected chi connectivity index (χ4v) is 3.52. The second-order valence-corrected chi connectivity index (χ2v) is 7.46. The van der Waals surface area contributed by atoms with Crippen molar-refractivity contribution in [2.75, 3.05) is 19.7 Å². The van der Waals surface area contributed by atoms with E-state index in [9.17, 15) is 22.8 Å². The minimum atomic E-state index is -4.50. The van der Waals surface area contributed by atoms with Gasteiger partial charge in [0.15, 0.2) is 0 Å². The van der Waals surface area contributed by atoms with Crippen LogP contribution in [0.5, 0.6) is 5.75 Å². The molecule has 1 aliphatic rings. The highest BCUT2D eigenvalue weighted by Gasteiger charge is 2.32. The van der Waals surface area contributed by atoms with Crippen LogP contribution in [0.4, 0.5) is 13.2 Å². The molecule has 1 fully saturated rings. The minimum absolute atomic E-state index is 0.0684. The van der Waals surface area contributed by atoms with Crippen LogP contribution in [0.3, 0.4) is 0 Å². The number of nitrogens with one attached hydrogen (secondary N) is 1. The first-order chi connectivity index (χ1) is 15.3. The Hall–Kier alpha value is -3.29. The lowest BCUT2D eigenvalue weighted by Gasteiger charge is -2.25. The molecule has 2 aromatic carbocycles. The number of halogens is 3. The number of alkyl halides is 3. The van der Waals surface area contributed by atoms with Gasteiger partial charge in [-0.25, -0.2) is 0 Å². The van der Waals surface area contributed by atoms with Crippen LogP contribution >= 0.6 is 0 Å². The Bertz CT molecular complexity index is 971. The van der Waals surface area contributed by atoms with E-state index in [4.69, 9.17) is 4.74 Å². The summed E-state index contributed by atoms with van der Waals surface area (Å²) >= 11 is 0. The van der Waals surface area contributed by atoms with Gasteiger partial charge in [0.25, 0.3) is 0 Å². The number of carbonyl (C=O) groups excluding carboxylic acids is 2. The number of hydrogen-bond acceptors (Lipinski definition) is 3. The van der Waals surface area contributed by atoms with Crippen molar-refractivity contribution in [3.05, 3.63) is 71.3 Å². The van der Waals surface area contributed by atoms with Gasteiger partial charge < -0.3 is 15.0 Å². The molecule has 0 aliphatic carbocycles. The summed E-state index contributed by atoms with van der Waals surface area (Å²) < 4.78 is 44.9. The quantitative estimate of drug-likeness (QED) is 0.603. The van der Waals surface area contributed by atoms with Gasteiger partial charge >= 0.3 is 6.18 Å². The highest BCUT2D eigenvalue weighted by atomic mass is 19.4. The fraction of sp³-hybridized carbons (Fsp3) is 0.333. The molecule has 1 N–H and O–H groups in total. The van der Waals surface area contributed by atoms with Gasteiger partial charge in [-0.2, -0.15) is 13.2 Å². The average Bonchev–Trinajstić information content (AvgIpc) is 3.17. The molecule has 1 heterocycles. The molecule has 0 saturated carbocycles. The predicted molar refractivity (Wildman–Crippen MR) is 115 cm³/mol. The van der Waals surface area contributed by atoms with E-state index in [-0.39, 0.29) is 12.5 Å². The third kappa shape index (κ3) is 6.35. The zero-order chi connectivity index (χ0) is 23.1. The van der Waals surface area contributed by atoms with Gasteiger partial charge in [0.1, 0.15) is 5.75 Å². The molecule has 3 rings (SSSR count). The summed E-state index contributed by atoms with van der Waals surface area (Å²) in [4.78, 5) is 26.2. The zero-order valence-electron chi connectivity index (χ0n) is 17.7. The molecule has 1 unspecified atom stereocenters. The van der Waals surface area contributed by atoms with Gasteiger partial charge in [-0.05, 0) is 54.8 Å². The summed E-state index contributed by atoms with van der Waals surface area (Å²) in [6.45, 7) is 3.07. The Morgan fingerprint density at radius 3 is 2.59 bits per heavy atom. The zero-order valence-corrected chi connectivity index (χ0v) is 17.7. The number of nitrogens with zero attached hydrogens (tertiary/aromatic N) is 1. The Morgan fingerprint density at radius 2 is 1.97 bits per heavy atom. The summed E-state index contributed by atoms with van der Waals surface area (Å²) in [5, 5.41) is 2.75. The lowest BCUT2D eigenvalue weighted by atomic mass is 10.0. The fourth-order valence-electron chi connectivity index (χ4n) is 3.52. The first kappa shape index (κ1) is 23.4. The lowest BCUT2D eigenvalue weighted by Crippen LogP contribution is -2.38. The van der Waals surface area contributed by atoms with Gasteiger partial charge in [0.05, 0.1) is 18.2 Å². The van der Waals surface area contributed by atoms with Crippen molar-refractivity contribution < 1.29 is 27.5 Å². The van der Waals surface area contributed by atoms with E-state index >= 15 is 0 Å². The Kier molecular flexibility index (Phi) is 7.56. The Labute approximate surface area is 184 Å². The number of carbonyl (C=O) groups is 2. The van der Waals surface area contributed by atoms with Crippen LogP contribution in [0.25, 0.3) is 6.08 Å². The number of ether oxygens (including phenoxy) is 1. The molecule has 5 nitrogen and oxygen atoms in total. The van der Waals surface area contributed by atoms with E-state index in [1.165, 1.54) is 18.2 Å². The normalized spacial score (nSPS) is 15.2. The van der Waals surface area contributed by atoms with Crippen molar-refractivity contribution in [3.63, 3.8) is 0 Å². The van der Waals surface area contributed by atoms with Gasteiger partial charge in [0, 0.05) is 25.6 Å². The van der Waals surface area contributed by atoms with Crippen LogP contribution in [0.15, 0.2) is 54.6 Å². The van der Waals surface area contributed by atoms with Gasteiger partial charge in [-0.1, -0.05) is 24.3 Å². The van der Waals surface area contributed by atoms with Crippen molar-refractivity contribution in [1.29, 1.82) is 0 Å². The largest absolute Gasteiger partial charge is 0.494 e. The van der Waals surface area contributed by atoms with Crippen LogP contribution in [-0.4, -0.2) is 36.4 Å². The molecule has 0 radical (unpaired) electrons. The molecular formula is C24H25F3N2O3. The molecule has 32 heavy (non-hydrogen) atoms. The molecule has 1 saturated heterocycles. The highest BCUT2D eigenvalue weighted by Crippen LogP contribution is 2.31. The maximum Gasteiger partial charge on any atom is 0.416 e. The second-order valence-electron chi connectivity index (χ2n) is 7.46. The summed E-state index contributed by atoms with van der Waals surface area (Å²) in [7, 11) is 0. The second kappa shape index (κ2) is 10.3. The monoisotopic (exact) mass is 446 g/mol. The summed E-state index contributed by atoms with van der Waals surface area (Å²) in [5.41, 5.74) is 0.267.